The lowest BCUT2D eigenvalue weighted by Gasteiger charge is -2.15. The van der Waals surface area contributed by atoms with Crippen LogP contribution in [0.4, 0.5) is 34.6 Å². The van der Waals surface area contributed by atoms with Gasteiger partial charge in [0, 0.05) is 23.1 Å². The first-order valence-electron chi connectivity index (χ1n) is 14.2. The van der Waals surface area contributed by atoms with E-state index in [2.05, 4.69) is 40.0 Å². The third-order valence-electron chi connectivity index (χ3n) is 6.83. The Labute approximate surface area is 314 Å². The Morgan fingerprint density at radius 3 is 2.04 bits per heavy atom. The van der Waals surface area contributed by atoms with Gasteiger partial charge in [-0.3, -0.25) is 13.7 Å². The Morgan fingerprint density at radius 2 is 1.43 bits per heavy atom. The van der Waals surface area contributed by atoms with Crippen LogP contribution in [0, 0.1) is 0 Å². The van der Waals surface area contributed by atoms with Crippen LogP contribution in [0.3, 0.4) is 0 Å². The van der Waals surface area contributed by atoms with Crippen molar-refractivity contribution < 1.29 is 61.2 Å². The number of nitrogens with zero attached hydrogens (tertiary/aromatic N) is 5. The van der Waals surface area contributed by atoms with Crippen molar-refractivity contribution in [2.75, 3.05) is 23.0 Å². The highest BCUT2D eigenvalue weighted by Crippen LogP contribution is 2.47. The number of hydrogen-bond acceptors (Lipinski definition) is 19. The zero-order valence-electron chi connectivity index (χ0n) is 26.3. The second kappa shape index (κ2) is 15.6. The fraction of sp³-hybridized carbons (Fsp3) is 0.0741. The molecule has 0 saturated carbocycles. The van der Waals surface area contributed by atoms with Crippen LogP contribution in [0.2, 0.25) is 5.28 Å². The first-order valence-corrected chi connectivity index (χ1v) is 21.2. The second-order valence-electron chi connectivity index (χ2n) is 10.4. The first-order chi connectivity index (χ1) is 25.1. The van der Waals surface area contributed by atoms with Crippen molar-refractivity contribution in [2.45, 2.75) is 19.6 Å². The molecule has 54 heavy (non-hydrogen) atoms. The minimum absolute atomic E-state index is 0.0612. The summed E-state index contributed by atoms with van der Waals surface area (Å²) in [6.07, 6.45) is 0. The molecule has 5 aromatic rings. The molecule has 27 heteroatoms. The van der Waals surface area contributed by atoms with Crippen molar-refractivity contribution in [3.05, 3.63) is 72.0 Å². The van der Waals surface area contributed by atoms with Crippen LogP contribution in [-0.2, 0) is 44.7 Å². The number of benzene rings is 4. The number of rotatable bonds is 14. The van der Waals surface area contributed by atoms with Crippen molar-refractivity contribution in [3.8, 4) is 5.75 Å². The summed E-state index contributed by atoms with van der Waals surface area (Å²) in [5, 5.41) is 23.8. The Bertz CT molecular complexity index is 2760. The zero-order valence-corrected chi connectivity index (χ0v) is 31.2. The van der Waals surface area contributed by atoms with Crippen LogP contribution in [0.15, 0.2) is 96.5 Å². The van der Waals surface area contributed by atoms with E-state index >= 15 is 0 Å². The molecule has 0 radical (unpaired) electrons. The minimum atomic E-state index is -4.89. The van der Waals surface area contributed by atoms with E-state index < -0.39 is 79.3 Å². The van der Waals surface area contributed by atoms with Crippen LogP contribution < -0.4 is 10.6 Å². The summed E-state index contributed by atoms with van der Waals surface area (Å²) >= 11 is 6.17. The Balaban J connectivity index is 1.52. The number of anilines is 4. The lowest BCUT2D eigenvalue weighted by molar-refractivity contribution is 0.284. The number of phenols is 1. The molecule has 0 aliphatic carbocycles. The van der Waals surface area contributed by atoms with Crippen molar-refractivity contribution in [3.63, 3.8) is 0 Å². The maximum atomic E-state index is 12.5. The average molecular weight is 864 g/mol. The highest BCUT2D eigenvalue weighted by atomic mass is 35.5. The number of nitrogens with one attached hydrogen (secondary N) is 2. The molecule has 4 aromatic carbocycles. The lowest BCUT2D eigenvalue weighted by Crippen LogP contribution is -2.15. The van der Waals surface area contributed by atoms with Crippen LogP contribution >= 0.6 is 23.6 Å². The van der Waals surface area contributed by atoms with Gasteiger partial charge in [-0.1, -0.05) is 12.1 Å². The first kappa shape index (κ1) is 40.6. The number of phenolic OH excluding ortho intramolecular Hbond substituents is 1. The molecule has 0 aliphatic rings. The summed E-state index contributed by atoms with van der Waals surface area (Å²) in [6, 6.07) is 12.9. The van der Waals surface area contributed by atoms with Gasteiger partial charge in [0.05, 0.1) is 32.7 Å². The van der Waals surface area contributed by atoms with E-state index in [0.29, 0.717) is 0 Å². The number of sulfone groups is 1. The normalized spacial score (nSPS) is 12.7. The van der Waals surface area contributed by atoms with Crippen LogP contribution in [0.25, 0.3) is 10.8 Å². The van der Waals surface area contributed by atoms with E-state index in [0.717, 1.165) is 30.3 Å². The quantitative estimate of drug-likeness (QED) is 0.0441. The van der Waals surface area contributed by atoms with Gasteiger partial charge >= 0.3 is 10.4 Å². The van der Waals surface area contributed by atoms with Gasteiger partial charge in [0.25, 0.3) is 20.2 Å². The lowest BCUT2D eigenvalue weighted by atomic mass is 10.1. The van der Waals surface area contributed by atoms with E-state index in [1.54, 1.807) is 0 Å². The Kier molecular flexibility index (Phi) is 11.7. The number of halogens is 1. The molecule has 1 heterocycles. The molecule has 21 nitrogen and oxygen atoms in total. The third-order valence-corrected chi connectivity index (χ3v) is 11.4. The molecule has 0 unspecified atom stereocenters. The maximum Gasteiger partial charge on any atom is 0.397 e. The van der Waals surface area contributed by atoms with Crippen molar-refractivity contribution in [1.29, 1.82) is 0 Å². The van der Waals surface area contributed by atoms with Crippen LogP contribution in [0.1, 0.15) is 0 Å². The summed E-state index contributed by atoms with van der Waals surface area (Å²) in [4.78, 5) is 10.3. The summed E-state index contributed by atoms with van der Waals surface area (Å²) in [5.41, 5.74) is -0.833. The molecular weight excluding hydrogens is 842 g/mol. The largest absolute Gasteiger partial charge is 0.505 e. The third kappa shape index (κ3) is 9.92. The van der Waals surface area contributed by atoms with Crippen molar-refractivity contribution in [1.82, 2.24) is 15.0 Å². The molecule has 0 fully saturated rings. The van der Waals surface area contributed by atoms with Gasteiger partial charge in [0.15, 0.2) is 15.6 Å². The van der Waals surface area contributed by atoms with Crippen LogP contribution in [0.5, 0.6) is 5.75 Å². The predicted molar refractivity (Wildman–Crippen MR) is 192 cm³/mol. The highest BCUT2D eigenvalue weighted by molar-refractivity contribution is 7.94. The molecule has 0 bridgehead atoms. The molecule has 0 saturated heterocycles. The minimum Gasteiger partial charge on any atom is -0.505 e. The summed E-state index contributed by atoms with van der Waals surface area (Å²) in [5.74, 6) is -2.11. The predicted octanol–water partition coefficient (Wildman–Crippen LogP) is 4.94. The van der Waals surface area contributed by atoms with Crippen LogP contribution in [-0.4, -0.2) is 84.3 Å². The van der Waals surface area contributed by atoms with Crippen molar-refractivity contribution >= 4 is 110 Å². The number of aromatic nitrogens is 3. The fourth-order valence-electron chi connectivity index (χ4n) is 4.56. The van der Waals surface area contributed by atoms with Gasteiger partial charge in [0.2, 0.25) is 17.2 Å². The van der Waals surface area contributed by atoms with Gasteiger partial charge in [-0.05, 0) is 71.6 Å². The van der Waals surface area contributed by atoms with Crippen molar-refractivity contribution in [2.24, 2.45) is 10.2 Å². The highest BCUT2D eigenvalue weighted by Gasteiger charge is 2.23. The molecule has 0 spiro atoms. The fourth-order valence-corrected chi connectivity index (χ4v) is 7.78. The molecule has 7 N–H and O–H groups in total. The smallest absolute Gasteiger partial charge is 0.397 e. The maximum absolute atomic E-state index is 12.5. The topological polar surface area (TPSA) is 334 Å². The molecule has 5 rings (SSSR count). The van der Waals surface area contributed by atoms with Gasteiger partial charge in [-0.15, -0.1) is 10.2 Å². The van der Waals surface area contributed by atoms with Gasteiger partial charge in [-0.2, -0.15) is 40.2 Å². The molecule has 0 atom stereocenters. The van der Waals surface area contributed by atoms with E-state index in [1.165, 1.54) is 36.4 Å². The Hall–Kier alpha value is -4.61. The molecule has 286 valence electrons. The standard InChI is InChI=1S/C27H22ClN7O14S5/c28-25-31-26(29-15-5-7-16(8-6-15)51(38,39)10-9-49-54(46,47)48)33-27(32-25)30-19-13-17(52(40,41)42)11-14-12-20(50-37)23(24(36)22(14)19)35-34-18-3-1-2-4-21(18)53(43,44)45/h1-8,11-13,36-37H,9-10H2,(H,40,41,42)(H,43,44,45)(H,46,47,48)(H2,29,30,31,32,33)/b35-34+. The van der Waals surface area contributed by atoms with Gasteiger partial charge in [-0.25, -0.2) is 12.6 Å². The van der Waals surface area contributed by atoms with E-state index in [-0.39, 0.29) is 61.6 Å². The summed E-state index contributed by atoms with van der Waals surface area (Å²) < 4.78 is 137. The average Bonchev–Trinajstić information content (AvgIpc) is 3.06. The summed E-state index contributed by atoms with van der Waals surface area (Å²) in [6.45, 7) is -0.834. The SMILES string of the molecule is O=S(=O)(O)OCCS(=O)(=O)c1ccc(Nc2nc(Cl)nc(Nc3cc(S(=O)(=O)O)cc4cc(SO)c(/N=N/c5ccccc5S(=O)(=O)O)c(O)c34)n2)cc1. The van der Waals surface area contributed by atoms with E-state index in [4.69, 9.17) is 16.2 Å². The number of azo groups is 1. The van der Waals surface area contributed by atoms with Gasteiger partial charge in [0.1, 0.15) is 16.3 Å². The Morgan fingerprint density at radius 1 is 0.778 bits per heavy atom. The summed E-state index contributed by atoms with van der Waals surface area (Å²) in [7, 11) is -18.5. The van der Waals surface area contributed by atoms with E-state index in [9.17, 15) is 52.4 Å². The molecule has 0 amide bonds. The molecule has 1 aromatic heterocycles. The molecule has 0 aliphatic heterocycles. The van der Waals surface area contributed by atoms with Gasteiger partial charge < -0.3 is 20.3 Å². The number of fused-ring (bicyclic) bond motifs is 1. The zero-order chi connectivity index (χ0) is 39.6. The monoisotopic (exact) mass is 863 g/mol. The number of hydrogen-bond donors (Lipinski definition) is 7. The van der Waals surface area contributed by atoms with E-state index in [1.807, 2.05) is 0 Å². The second-order valence-corrected chi connectivity index (χ2v) is 17.4. The number of aromatic hydroxyl groups is 1. The molecular formula is C27H22ClN7O14S5.